The predicted molar refractivity (Wildman–Crippen MR) is 112 cm³/mol. The molecule has 0 saturated heterocycles. The lowest BCUT2D eigenvalue weighted by molar-refractivity contribution is 1.48. The van der Waals surface area contributed by atoms with Crippen molar-refractivity contribution in [2.45, 2.75) is 6.92 Å². The van der Waals surface area contributed by atoms with Crippen molar-refractivity contribution in [3.05, 3.63) is 103 Å². The fourth-order valence-electron chi connectivity index (χ4n) is 3.07. The summed E-state index contributed by atoms with van der Waals surface area (Å²) in [6.45, 7) is 14.1. The molecule has 0 radical (unpaired) electrons. The van der Waals surface area contributed by atoms with Crippen LogP contribution >= 0.6 is 0 Å². The van der Waals surface area contributed by atoms with Gasteiger partial charge in [0.2, 0.25) is 0 Å². The van der Waals surface area contributed by atoms with Crippen LogP contribution in [0.2, 0.25) is 0 Å². The average Bonchev–Trinajstić information content (AvgIpc) is 2.67. The second kappa shape index (κ2) is 7.14. The zero-order chi connectivity index (χ0) is 17.8. The molecule has 0 N–H and O–H groups in total. The summed E-state index contributed by atoms with van der Waals surface area (Å²) in [5, 5.41) is 2.31. The topological polar surface area (TPSA) is 12.4 Å². The van der Waals surface area contributed by atoms with Gasteiger partial charge < -0.3 is 0 Å². The highest BCUT2D eigenvalue weighted by Crippen LogP contribution is 2.29. The van der Waals surface area contributed by atoms with Gasteiger partial charge in [-0.15, -0.1) is 0 Å². The van der Waals surface area contributed by atoms with E-state index in [-0.39, 0.29) is 0 Å². The van der Waals surface area contributed by atoms with Crippen molar-refractivity contribution in [3.63, 3.8) is 0 Å². The SMILES string of the molecule is C=Cc1cc(C(C)=NC(=C)c2ccccc2)c2ccccc2c1C=C. The molecular formula is C24H21N. The van der Waals surface area contributed by atoms with Crippen LogP contribution in [0.4, 0.5) is 0 Å². The summed E-state index contributed by atoms with van der Waals surface area (Å²) in [5.41, 5.74) is 5.97. The van der Waals surface area contributed by atoms with Gasteiger partial charge >= 0.3 is 0 Å². The molecule has 3 aromatic rings. The molecule has 0 heterocycles. The van der Waals surface area contributed by atoms with Crippen LogP contribution in [0, 0.1) is 0 Å². The van der Waals surface area contributed by atoms with Crippen LogP contribution in [-0.2, 0) is 0 Å². The van der Waals surface area contributed by atoms with E-state index in [2.05, 4.69) is 37.9 Å². The molecular weight excluding hydrogens is 302 g/mol. The van der Waals surface area contributed by atoms with E-state index in [0.29, 0.717) is 0 Å². The summed E-state index contributed by atoms with van der Waals surface area (Å²) < 4.78 is 0. The van der Waals surface area contributed by atoms with Crippen LogP contribution < -0.4 is 0 Å². The Kier molecular flexibility index (Phi) is 4.76. The summed E-state index contributed by atoms with van der Waals surface area (Å²) >= 11 is 0. The molecule has 0 aliphatic heterocycles. The smallest absolute Gasteiger partial charge is 0.0633 e. The number of nitrogens with zero attached hydrogens (tertiary/aromatic N) is 1. The third-order valence-electron chi connectivity index (χ3n) is 4.34. The maximum atomic E-state index is 4.76. The Hall–Kier alpha value is -3.19. The molecule has 1 nitrogen and oxygen atoms in total. The molecule has 0 aliphatic carbocycles. The van der Waals surface area contributed by atoms with E-state index < -0.39 is 0 Å². The maximum Gasteiger partial charge on any atom is 0.0633 e. The molecule has 0 unspecified atom stereocenters. The minimum Gasteiger partial charge on any atom is -0.253 e. The van der Waals surface area contributed by atoms with Gasteiger partial charge in [0, 0.05) is 11.3 Å². The quantitative estimate of drug-likeness (QED) is 0.469. The molecule has 1 heteroatoms. The third-order valence-corrected chi connectivity index (χ3v) is 4.34. The van der Waals surface area contributed by atoms with Gasteiger partial charge in [-0.3, -0.25) is 4.99 Å². The highest BCUT2D eigenvalue weighted by atomic mass is 14.8. The van der Waals surface area contributed by atoms with Crippen molar-refractivity contribution in [1.82, 2.24) is 0 Å². The summed E-state index contributed by atoms with van der Waals surface area (Å²) in [6, 6.07) is 20.5. The van der Waals surface area contributed by atoms with E-state index in [0.717, 1.165) is 44.4 Å². The third kappa shape index (κ3) is 3.22. The van der Waals surface area contributed by atoms with Crippen LogP contribution in [0.5, 0.6) is 0 Å². The molecule has 0 aromatic heterocycles. The largest absolute Gasteiger partial charge is 0.253 e. The van der Waals surface area contributed by atoms with Crippen LogP contribution in [0.3, 0.4) is 0 Å². The molecule has 3 aromatic carbocycles. The zero-order valence-electron chi connectivity index (χ0n) is 14.5. The van der Waals surface area contributed by atoms with Crippen LogP contribution in [0.25, 0.3) is 28.6 Å². The molecule has 3 rings (SSSR count). The first-order chi connectivity index (χ1) is 12.2. The van der Waals surface area contributed by atoms with Gasteiger partial charge in [-0.05, 0) is 40.5 Å². The molecule has 0 amide bonds. The first kappa shape index (κ1) is 16.7. The number of aliphatic imine (C=N–C) groups is 1. The van der Waals surface area contributed by atoms with E-state index in [9.17, 15) is 0 Å². The number of hydrogen-bond donors (Lipinski definition) is 0. The van der Waals surface area contributed by atoms with Crippen LogP contribution in [0.1, 0.15) is 29.2 Å². The van der Waals surface area contributed by atoms with Gasteiger partial charge in [0.15, 0.2) is 0 Å². The number of hydrogen-bond acceptors (Lipinski definition) is 1. The van der Waals surface area contributed by atoms with E-state index in [1.54, 1.807) is 0 Å². The van der Waals surface area contributed by atoms with Crippen LogP contribution in [0.15, 0.2) is 85.4 Å². The van der Waals surface area contributed by atoms with Crippen molar-refractivity contribution in [2.75, 3.05) is 0 Å². The Bertz CT molecular complexity index is 991. The molecule has 25 heavy (non-hydrogen) atoms. The van der Waals surface area contributed by atoms with Crippen molar-refractivity contribution < 1.29 is 0 Å². The standard InChI is InChI=1S/C24H21N/c1-5-19-16-24(23-15-11-10-14-22(23)21(19)6-2)18(4)25-17(3)20-12-8-7-9-13-20/h5-16H,1-3H2,4H3. The van der Waals surface area contributed by atoms with Crippen LogP contribution in [-0.4, -0.2) is 5.71 Å². The molecule has 0 saturated carbocycles. The number of benzene rings is 3. The monoisotopic (exact) mass is 323 g/mol. The molecule has 0 bridgehead atoms. The first-order valence-electron chi connectivity index (χ1n) is 8.26. The van der Waals surface area contributed by atoms with Gasteiger partial charge in [0.1, 0.15) is 0 Å². The Morgan fingerprint density at radius 1 is 0.880 bits per heavy atom. The summed E-state index contributed by atoms with van der Waals surface area (Å²) in [4.78, 5) is 4.76. The summed E-state index contributed by atoms with van der Waals surface area (Å²) in [6.07, 6.45) is 3.75. The molecule has 0 fully saturated rings. The molecule has 122 valence electrons. The maximum absolute atomic E-state index is 4.76. The Morgan fingerprint density at radius 3 is 2.16 bits per heavy atom. The lowest BCUT2D eigenvalue weighted by atomic mass is 9.92. The highest BCUT2D eigenvalue weighted by molar-refractivity contribution is 6.13. The highest BCUT2D eigenvalue weighted by Gasteiger charge is 2.11. The summed E-state index contributed by atoms with van der Waals surface area (Å²) in [7, 11) is 0. The Morgan fingerprint density at radius 2 is 1.52 bits per heavy atom. The average molecular weight is 323 g/mol. The normalized spacial score (nSPS) is 11.3. The minimum atomic E-state index is 0.759. The Balaban J connectivity index is 2.18. The van der Waals surface area contributed by atoms with Crippen molar-refractivity contribution >= 4 is 34.3 Å². The van der Waals surface area contributed by atoms with E-state index >= 15 is 0 Å². The fourth-order valence-corrected chi connectivity index (χ4v) is 3.07. The molecule has 0 atom stereocenters. The van der Waals surface area contributed by atoms with E-state index in [1.165, 1.54) is 0 Å². The second-order valence-electron chi connectivity index (χ2n) is 5.89. The lowest BCUT2D eigenvalue weighted by Gasteiger charge is -2.13. The van der Waals surface area contributed by atoms with Gasteiger partial charge in [0.05, 0.1) is 5.70 Å². The molecule has 0 spiro atoms. The fraction of sp³-hybridized carbons (Fsp3) is 0.0417. The lowest BCUT2D eigenvalue weighted by Crippen LogP contribution is -2.00. The zero-order valence-corrected chi connectivity index (χ0v) is 14.5. The van der Waals surface area contributed by atoms with Gasteiger partial charge in [-0.1, -0.05) is 86.5 Å². The number of rotatable bonds is 5. The first-order valence-corrected chi connectivity index (χ1v) is 8.26. The minimum absolute atomic E-state index is 0.759. The van der Waals surface area contributed by atoms with E-state index in [1.807, 2.05) is 61.5 Å². The van der Waals surface area contributed by atoms with Gasteiger partial charge in [-0.25, -0.2) is 0 Å². The van der Waals surface area contributed by atoms with Crippen molar-refractivity contribution in [1.29, 1.82) is 0 Å². The van der Waals surface area contributed by atoms with Crippen molar-refractivity contribution in [2.24, 2.45) is 4.99 Å². The Labute approximate surface area is 149 Å². The predicted octanol–water partition coefficient (Wildman–Crippen LogP) is 6.61. The van der Waals surface area contributed by atoms with Gasteiger partial charge in [0.25, 0.3) is 0 Å². The summed E-state index contributed by atoms with van der Waals surface area (Å²) in [5.74, 6) is 0. The van der Waals surface area contributed by atoms with Gasteiger partial charge in [-0.2, -0.15) is 0 Å². The van der Waals surface area contributed by atoms with Crippen molar-refractivity contribution in [3.8, 4) is 0 Å². The number of fused-ring (bicyclic) bond motifs is 1. The molecule has 0 aliphatic rings. The second-order valence-corrected chi connectivity index (χ2v) is 5.89. The van der Waals surface area contributed by atoms with E-state index in [4.69, 9.17) is 4.99 Å².